The zero-order valence-corrected chi connectivity index (χ0v) is 14.4. The van der Waals surface area contributed by atoms with Crippen LogP contribution in [0, 0.1) is 0 Å². The third-order valence-electron chi connectivity index (χ3n) is 4.09. The van der Waals surface area contributed by atoms with Gasteiger partial charge in [0.1, 0.15) is 11.4 Å². The number of nitrogens with zero attached hydrogens (tertiary/aromatic N) is 2. The molecule has 2 aromatic carbocycles. The van der Waals surface area contributed by atoms with Gasteiger partial charge in [-0.25, -0.2) is 0 Å². The standard InChI is InChI=1S/C17H13ClN2OS2/c18-12-8-6-11(7-9-12)16-20-14(10-23-16)15(21)19(17(20)22)13-4-2-1-3-5-13/h1-9,14,16H,10H2/t14-,16?/m0/s1. The van der Waals surface area contributed by atoms with Gasteiger partial charge in [-0.1, -0.05) is 41.9 Å². The van der Waals surface area contributed by atoms with Gasteiger partial charge in [-0.05, 0) is 42.0 Å². The molecule has 1 amide bonds. The SMILES string of the molecule is O=C1[C@@H]2CSC(c3ccc(Cl)cc3)N2C(=S)N1c1ccccc1. The predicted octanol–water partition coefficient (Wildman–Crippen LogP) is 4.09. The van der Waals surface area contributed by atoms with E-state index >= 15 is 0 Å². The number of rotatable bonds is 2. The number of hydrogen-bond donors (Lipinski definition) is 0. The fourth-order valence-corrected chi connectivity index (χ4v) is 5.03. The number of thiocarbonyl (C=S) groups is 1. The number of benzene rings is 2. The van der Waals surface area contributed by atoms with Crippen molar-refractivity contribution >= 4 is 52.3 Å². The maximum absolute atomic E-state index is 12.8. The Morgan fingerprint density at radius 2 is 1.78 bits per heavy atom. The van der Waals surface area contributed by atoms with Crippen LogP contribution in [-0.2, 0) is 4.79 Å². The van der Waals surface area contributed by atoms with Crippen molar-refractivity contribution in [3.8, 4) is 0 Å². The molecule has 1 unspecified atom stereocenters. The summed E-state index contributed by atoms with van der Waals surface area (Å²) in [5, 5.41) is 1.35. The van der Waals surface area contributed by atoms with Crippen LogP contribution in [0.1, 0.15) is 10.9 Å². The molecule has 0 saturated carbocycles. The normalized spacial score (nSPS) is 23.5. The zero-order chi connectivity index (χ0) is 16.0. The highest BCUT2D eigenvalue weighted by Gasteiger charge is 2.50. The minimum atomic E-state index is -0.187. The quantitative estimate of drug-likeness (QED) is 0.753. The topological polar surface area (TPSA) is 23.6 Å². The van der Waals surface area contributed by atoms with Gasteiger partial charge >= 0.3 is 0 Å². The van der Waals surface area contributed by atoms with Gasteiger partial charge in [0, 0.05) is 10.8 Å². The van der Waals surface area contributed by atoms with Crippen molar-refractivity contribution < 1.29 is 4.79 Å². The molecular weight excluding hydrogens is 348 g/mol. The first-order chi connectivity index (χ1) is 11.2. The summed E-state index contributed by atoms with van der Waals surface area (Å²) in [6.07, 6.45) is 0. The molecule has 4 rings (SSSR count). The van der Waals surface area contributed by atoms with Gasteiger partial charge in [0.05, 0.1) is 5.69 Å². The van der Waals surface area contributed by atoms with Crippen LogP contribution in [0.15, 0.2) is 54.6 Å². The molecule has 0 spiro atoms. The monoisotopic (exact) mass is 360 g/mol. The Hall–Kier alpha value is -1.56. The lowest BCUT2D eigenvalue weighted by Crippen LogP contribution is -2.33. The smallest absolute Gasteiger partial charge is 0.257 e. The molecule has 0 radical (unpaired) electrons. The molecule has 0 aliphatic carbocycles. The Bertz CT molecular complexity index is 766. The fourth-order valence-electron chi connectivity index (χ4n) is 2.99. The zero-order valence-electron chi connectivity index (χ0n) is 12.1. The summed E-state index contributed by atoms with van der Waals surface area (Å²) in [6, 6.07) is 17.2. The average molecular weight is 361 g/mol. The molecule has 0 N–H and O–H groups in total. The maximum atomic E-state index is 12.8. The second-order valence-corrected chi connectivity index (χ2v) is 7.37. The van der Waals surface area contributed by atoms with E-state index in [1.165, 1.54) is 0 Å². The first-order valence-electron chi connectivity index (χ1n) is 7.25. The lowest BCUT2D eigenvalue weighted by Gasteiger charge is -2.25. The number of thioether (sulfide) groups is 1. The molecule has 2 fully saturated rings. The second-order valence-electron chi connectivity index (χ2n) is 5.45. The molecule has 2 heterocycles. The van der Waals surface area contributed by atoms with Gasteiger partial charge in [-0.2, -0.15) is 0 Å². The van der Waals surface area contributed by atoms with Crippen LogP contribution in [0.2, 0.25) is 5.02 Å². The lowest BCUT2D eigenvalue weighted by molar-refractivity contribution is -0.119. The minimum Gasteiger partial charge on any atom is -0.319 e. The van der Waals surface area contributed by atoms with Crippen LogP contribution < -0.4 is 4.90 Å². The molecule has 2 aliphatic rings. The molecule has 23 heavy (non-hydrogen) atoms. The Morgan fingerprint density at radius 3 is 2.48 bits per heavy atom. The van der Waals surface area contributed by atoms with E-state index in [2.05, 4.69) is 4.90 Å². The van der Waals surface area contributed by atoms with Crippen molar-refractivity contribution in [1.82, 2.24) is 4.90 Å². The Labute approximate surface area is 149 Å². The summed E-state index contributed by atoms with van der Waals surface area (Å²) in [4.78, 5) is 16.5. The van der Waals surface area contributed by atoms with Crippen LogP contribution in [0.3, 0.4) is 0 Å². The Morgan fingerprint density at radius 1 is 1.09 bits per heavy atom. The number of halogens is 1. The second kappa shape index (κ2) is 5.82. The number of fused-ring (bicyclic) bond motifs is 1. The molecule has 0 aromatic heterocycles. The van der Waals surface area contributed by atoms with Crippen LogP contribution in [0.4, 0.5) is 5.69 Å². The fraction of sp³-hybridized carbons (Fsp3) is 0.176. The van der Waals surface area contributed by atoms with Crippen molar-refractivity contribution in [2.75, 3.05) is 10.7 Å². The van der Waals surface area contributed by atoms with E-state index in [0.29, 0.717) is 10.1 Å². The van der Waals surface area contributed by atoms with Crippen molar-refractivity contribution in [3.05, 3.63) is 65.2 Å². The van der Waals surface area contributed by atoms with E-state index in [0.717, 1.165) is 17.0 Å². The minimum absolute atomic E-state index is 0.0578. The molecule has 6 heteroatoms. The van der Waals surface area contributed by atoms with Gasteiger partial charge in [-0.3, -0.25) is 9.69 Å². The van der Waals surface area contributed by atoms with Crippen LogP contribution in [0.5, 0.6) is 0 Å². The van der Waals surface area contributed by atoms with Gasteiger partial charge in [0.2, 0.25) is 0 Å². The average Bonchev–Trinajstić information content (AvgIpc) is 3.10. The van der Waals surface area contributed by atoms with Gasteiger partial charge < -0.3 is 4.90 Å². The van der Waals surface area contributed by atoms with Gasteiger partial charge in [0.25, 0.3) is 5.91 Å². The summed E-state index contributed by atoms with van der Waals surface area (Å²) < 4.78 is 0. The maximum Gasteiger partial charge on any atom is 0.257 e. The molecule has 3 nitrogen and oxygen atoms in total. The van der Waals surface area contributed by atoms with Gasteiger partial charge in [-0.15, -0.1) is 11.8 Å². The third-order valence-corrected chi connectivity index (χ3v) is 6.06. The molecule has 116 valence electrons. The largest absolute Gasteiger partial charge is 0.319 e. The Kier molecular flexibility index (Phi) is 3.79. The van der Waals surface area contributed by atoms with Crippen LogP contribution in [0.25, 0.3) is 0 Å². The van der Waals surface area contributed by atoms with E-state index in [1.54, 1.807) is 16.7 Å². The molecule has 2 saturated heterocycles. The number of carbonyl (C=O) groups excluding carboxylic acids is 1. The first-order valence-corrected chi connectivity index (χ1v) is 9.09. The first kappa shape index (κ1) is 15.0. The highest BCUT2D eigenvalue weighted by molar-refractivity contribution is 7.99. The van der Waals surface area contributed by atoms with Crippen LogP contribution in [-0.4, -0.2) is 27.7 Å². The third kappa shape index (κ3) is 2.43. The predicted molar refractivity (Wildman–Crippen MR) is 98.8 cm³/mol. The van der Waals surface area contributed by atoms with Crippen LogP contribution >= 0.6 is 35.6 Å². The van der Waals surface area contributed by atoms with Crippen molar-refractivity contribution in [1.29, 1.82) is 0 Å². The number of hydrogen-bond acceptors (Lipinski definition) is 3. The van der Waals surface area contributed by atoms with Crippen molar-refractivity contribution in [2.24, 2.45) is 0 Å². The van der Waals surface area contributed by atoms with Crippen molar-refractivity contribution in [3.63, 3.8) is 0 Å². The summed E-state index contributed by atoms with van der Waals surface area (Å²) in [5.41, 5.74) is 1.95. The van der Waals surface area contributed by atoms with E-state index in [1.807, 2.05) is 54.6 Å². The summed E-state index contributed by atoms with van der Waals surface area (Å²) in [6.45, 7) is 0. The van der Waals surface area contributed by atoms with Gasteiger partial charge in [0.15, 0.2) is 5.11 Å². The molecule has 0 bridgehead atoms. The molecule has 2 aromatic rings. The Balaban J connectivity index is 1.68. The van der Waals surface area contributed by atoms with E-state index < -0.39 is 0 Å². The van der Waals surface area contributed by atoms with E-state index in [9.17, 15) is 4.79 Å². The lowest BCUT2D eigenvalue weighted by atomic mass is 10.2. The highest BCUT2D eigenvalue weighted by atomic mass is 35.5. The number of carbonyl (C=O) groups is 1. The number of para-hydroxylation sites is 1. The number of anilines is 1. The molecule has 2 atom stereocenters. The molecular formula is C17H13ClN2OS2. The summed E-state index contributed by atoms with van der Waals surface area (Å²) in [5.74, 6) is 0.806. The van der Waals surface area contributed by atoms with E-state index in [-0.39, 0.29) is 17.3 Å². The number of amides is 1. The summed E-state index contributed by atoms with van der Waals surface area (Å²) in [7, 11) is 0. The van der Waals surface area contributed by atoms with Crippen molar-refractivity contribution in [2.45, 2.75) is 11.4 Å². The summed E-state index contributed by atoms with van der Waals surface area (Å²) >= 11 is 13.4. The highest BCUT2D eigenvalue weighted by Crippen LogP contribution is 2.46. The van der Waals surface area contributed by atoms with E-state index in [4.69, 9.17) is 23.8 Å². The molecule has 2 aliphatic heterocycles.